The lowest BCUT2D eigenvalue weighted by molar-refractivity contribution is 0.414. The number of fused-ring (bicyclic) bond motifs is 5. The van der Waals surface area contributed by atoms with Gasteiger partial charge in [0.05, 0.1) is 28.9 Å². The van der Waals surface area contributed by atoms with Crippen LogP contribution in [0, 0.1) is 6.92 Å². The van der Waals surface area contributed by atoms with E-state index in [1.807, 2.05) is 55.6 Å². The summed E-state index contributed by atoms with van der Waals surface area (Å²) in [7, 11) is -2.09. The summed E-state index contributed by atoms with van der Waals surface area (Å²) < 4.78 is 34.2. The molecule has 8 heteroatoms. The molecule has 0 amide bonds. The van der Waals surface area contributed by atoms with E-state index in [0.29, 0.717) is 16.2 Å². The second kappa shape index (κ2) is 7.25. The topological polar surface area (TPSA) is 67.7 Å². The van der Waals surface area contributed by atoms with E-state index in [9.17, 15) is 8.42 Å². The SMILES string of the molecule is COc1ccc2c(c1)-c1c(N3CCN(c4ccccn4)CC3)c3c(C)cccc3n1S2(=O)=O. The molecule has 0 spiro atoms. The van der Waals surface area contributed by atoms with Crippen LogP contribution in [0.1, 0.15) is 5.56 Å². The average molecular weight is 461 g/mol. The van der Waals surface area contributed by atoms with E-state index < -0.39 is 10.0 Å². The highest BCUT2D eigenvalue weighted by Crippen LogP contribution is 2.50. The van der Waals surface area contributed by atoms with Crippen LogP contribution in [-0.4, -0.2) is 50.7 Å². The number of methoxy groups -OCH3 is 1. The monoisotopic (exact) mass is 460 g/mol. The van der Waals surface area contributed by atoms with Crippen LogP contribution in [0.25, 0.3) is 22.2 Å². The van der Waals surface area contributed by atoms with Gasteiger partial charge in [-0.3, -0.25) is 0 Å². The molecule has 0 bridgehead atoms. The third-order valence-electron chi connectivity index (χ3n) is 6.66. The highest BCUT2D eigenvalue weighted by Gasteiger charge is 2.39. The number of aromatic nitrogens is 2. The third kappa shape index (κ3) is 2.87. The normalized spacial score (nSPS) is 16.7. The molecule has 4 heterocycles. The molecule has 0 aliphatic carbocycles. The van der Waals surface area contributed by atoms with E-state index in [1.165, 1.54) is 3.97 Å². The van der Waals surface area contributed by atoms with Crippen LogP contribution in [0.2, 0.25) is 0 Å². The Morgan fingerprint density at radius 1 is 0.939 bits per heavy atom. The first-order valence-corrected chi connectivity index (χ1v) is 12.4. The minimum Gasteiger partial charge on any atom is -0.497 e. The van der Waals surface area contributed by atoms with Crippen molar-refractivity contribution in [3.8, 4) is 17.0 Å². The number of ether oxygens (including phenoxy) is 1. The fraction of sp³-hybridized carbons (Fsp3) is 0.240. The number of hydrogen-bond acceptors (Lipinski definition) is 6. The smallest absolute Gasteiger partial charge is 0.269 e. The van der Waals surface area contributed by atoms with Gasteiger partial charge in [0, 0.05) is 43.3 Å². The van der Waals surface area contributed by atoms with E-state index >= 15 is 0 Å². The molecule has 33 heavy (non-hydrogen) atoms. The lowest BCUT2D eigenvalue weighted by Crippen LogP contribution is -2.47. The highest BCUT2D eigenvalue weighted by atomic mass is 32.2. The van der Waals surface area contributed by atoms with Crippen LogP contribution in [0.3, 0.4) is 0 Å². The summed E-state index contributed by atoms with van der Waals surface area (Å²) in [6, 6.07) is 17.0. The fourth-order valence-corrected chi connectivity index (χ4v) is 6.81. The van der Waals surface area contributed by atoms with Crippen LogP contribution in [0.4, 0.5) is 11.5 Å². The zero-order chi connectivity index (χ0) is 22.7. The summed E-state index contributed by atoms with van der Waals surface area (Å²) in [5, 5.41) is 0.996. The molecule has 2 aromatic heterocycles. The predicted molar refractivity (Wildman–Crippen MR) is 130 cm³/mol. The minimum atomic E-state index is -3.69. The summed E-state index contributed by atoms with van der Waals surface area (Å²) in [6.07, 6.45) is 1.81. The molecular formula is C25H24N4O3S. The Kier molecular flexibility index (Phi) is 4.42. The average Bonchev–Trinajstić information content (AvgIpc) is 3.32. The van der Waals surface area contributed by atoms with E-state index in [-0.39, 0.29) is 0 Å². The molecule has 2 aliphatic heterocycles. The lowest BCUT2D eigenvalue weighted by atomic mass is 10.0. The molecule has 7 nitrogen and oxygen atoms in total. The van der Waals surface area contributed by atoms with Crippen molar-refractivity contribution in [3.63, 3.8) is 0 Å². The Morgan fingerprint density at radius 2 is 1.73 bits per heavy atom. The summed E-state index contributed by atoms with van der Waals surface area (Å²) in [6.45, 7) is 5.22. The van der Waals surface area contributed by atoms with Crippen LogP contribution < -0.4 is 14.5 Å². The largest absolute Gasteiger partial charge is 0.497 e. The van der Waals surface area contributed by atoms with E-state index in [2.05, 4.69) is 14.8 Å². The molecule has 2 aromatic carbocycles. The Morgan fingerprint density at radius 3 is 2.45 bits per heavy atom. The van der Waals surface area contributed by atoms with Crippen LogP contribution in [-0.2, 0) is 10.0 Å². The zero-order valence-electron chi connectivity index (χ0n) is 18.5. The maximum atomic E-state index is 13.6. The Labute approximate surface area is 192 Å². The highest BCUT2D eigenvalue weighted by molar-refractivity contribution is 7.90. The first kappa shape index (κ1) is 20.1. The number of hydrogen-bond donors (Lipinski definition) is 0. The summed E-state index contributed by atoms with van der Waals surface area (Å²) in [5.74, 6) is 1.61. The molecule has 0 saturated carbocycles. The maximum absolute atomic E-state index is 13.6. The molecule has 0 atom stereocenters. The maximum Gasteiger partial charge on any atom is 0.269 e. The van der Waals surface area contributed by atoms with Gasteiger partial charge < -0.3 is 14.5 Å². The van der Waals surface area contributed by atoms with Gasteiger partial charge in [0.2, 0.25) is 0 Å². The first-order chi connectivity index (χ1) is 16.0. The van der Waals surface area contributed by atoms with E-state index in [0.717, 1.165) is 59.8 Å². The van der Waals surface area contributed by atoms with Gasteiger partial charge in [-0.25, -0.2) is 17.4 Å². The molecule has 1 fully saturated rings. The lowest BCUT2D eigenvalue weighted by Gasteiger charge is -2.37. The zero-order valence-corrected chi connectivity index (χ0v) is 19.3. The molecule has 2 aliphatic rings. The number of piperazine rings is 1. The molecule has 168 valence electrons. The quantitative estimate of drug-likeness (QED) is 0.407. The first-order valence-electron chi connectivity index (χ1n) is 11.0. The van der Waals surface area contributed by atoms with Crippen molar-refractivity contribution in [2.75, 3.05) is 43.1 Å². The van der Waals surface area contributed by atoms with Crippen molar-refractivity contribution in [2.24, 2.45) is 0 Å². The molecule has 0 unspecified atom stereocenters. The molecular weight excluding hydrogens is 436 g/mol. The van der Waals surface area contributed by atoms with Gasteiger partial charge in [-0.15, -0.1) is 0 Å². The third-order valence-corrected chi connectivity index (χ3v) is 8.43. The van der Waals surface area contributed by atoms with Crippen molar-refractivity contribution >= 4 is 32.4 Å². The van der Waals surface area contributed by atoms with Gasteiger partial charge in [0.25, 0.3) is 10.0 Å². The van der Waals surface area contributed by atoms with Gasteiger partial charge in [-0.2, -0.15) is 0 Å². The Hall–Kier alpha value is -3.52. The number of anilines is 2. The minimum absolute atomic E-state index is 0.329. The van der Waals surface area contributed by atoms with Crippen LogP contribution in [0.15, 0.2) is 65.7 Å². The Balaban J connectivity index is 1.53. The molecule has 6 rings (SSSR count). The fourth-order valence-electron chi connectivity index (χ4n) is 5.10. The standard InChI is InChI=1S/C25H24N4O3S/c1-17-6-5-7-20-23(17)25(28-14-12-27(13-15-28)22-8-3-4-11-26-22)24-19-16-18(32-2)9-10-21(19)33(30,31)29(20)24/h3-11,16H,12-15H2,1-2H3. The number of nitrogens with zero attached hydrogens (tertiary/aromatic N) is 4. The van der Waals surface area contributed by atoms with Gasteiger partial charge in [-0.05, 0) is 48.9 Å². The van der Waals surface area contributed by atoms with Crippen molar-refractivity contribution in [1.29, 1.82) is 0 Å². The van der Waals surface area contributed by atoms with E-state index in [1.54, 1.807) is 19.2 Å². The van der Waals surface area contributed by atoms with Gasteiger partial charge in [-0.1, -0.05) is 18.2 Å². The van der Waals surface area contributed by atoms with Crippen molar-refractivity contribution in [3.05, 3.63) is 66.4 Å². The number of pyridine rings is 1. The molecule has 1 saturated heterocycles. The summed E-state index contributed by atoms with van der Waals surface area (Å²) >= 11 is 0. The van der Waals surface area contributed by atoms with Crippen molar-refractivity contribution in [2.45, 2.75) is 11.8 Å². The van der Waals surface area contributed by atoms with Gasteiger partial charge >= 0.3 is 0 Å². The predicted octanol–water partition coefficient (Wildman–Crippen LogP) is 3.90. The van der Waals surface area contributed by atoms with Crippen molar-refractivity contribution in [1.82, 2.24) is 8.96 Å². The van der Waals surface area contributed by atoms with Crippen LogP contribution in [0.5, 0.6) is 5.75 Å². The molecule has 4 aromatic rings. The summed E-state index contributed by atoms with van der Waals surface area (Å²) in [5.41, 5.74) is 4.21. The number of aryl methyl sites for hydroxylation is 1. The Bertz CT molecular complexity index is 1490. The van der Waals surface area contributed by atoms with Gasteiger partial charge in [0.1, 0.15) is 11.6 Å². The van der Waals surface area contributed by atoms with E-state index in [4.69, 9.17) is 4.74 Å². The second-order valence-electron chi connectivity index (χ2n) is 8.46. The molecule has 0 radical (unpaired) electrons. The number of benzene rings is 2. The number of rotatable bonds is 3. The van der Waals surface area contributed by atoms with Crippen LogP contribution >= 0.6 is 0 Å². The van der Waals surface area contributed by atoms with Gasteiger partial charge in [0.15, 0.2) is 0 Å². The molecule has 0 N–H and O–H groups in total. The summed E-state index contributed by atoms with van der Waals surface area (Å²) in [4.78, 5) is 9.42. The second-order valence-corrected chi connectivity index (χ2v) is 10.2. The van der Waals surface area contributed by atoms with Crippen molar-refractivity contribution < 1.29 is 13.2 Å².